The first-order chi connectivity index (χ1) is 7.45. The second kappa shape index (κ2) is 4.84. The fraction of sp³-hybridized carbons (Fsp3) is 0.333. The van der Waals surface area contributed by atoms with E-state index in [1.54, 1.807) is 0 Å². The Morgan fingerprint density at radius 3 is 2.62 bits per heavy atom. The summed E-state index contributed by atoms with van der Waals surface area (Å²) in [6.45, 7) is -0.160. The van der Waals surface area contributed by atoms with Crippen molar-refractivity contribution in [1.29, 1.82) is 0 Å². The summed E-state index contributed by atoms with van der Waals surface area (Å²) in [6.07, 6.45) is -3.53. The number of carbonyl (C=O) groups is 1. The van der Waals surface area contributed by atoms with Gasteiger partial charge in [-0.1, -0.05) is 0 Å². The highest BCUT2D eigenvalue weighted by Gasteiger charge is 2.19. The van der Waals surface area contributed by atoms with Crippen molar-refractivity contribution in [2.75, 3.05) is 0 Å². The largest absolute Gasteiger partial charge is 0.481 e. The highest BCUT2D eigenvalue weighted by molar-refractivity contribution is 5.71. The minimum atomic E-state index is -2.94. The maximum Gasteiger partial charge on any atom is 0.307 e. The Morgan fingerprint density at radius 2 is 2.19 bits per heavy atom. The van der Waals surface area contributed by atoms with Gasteiger partial charge in [-0.3, -0.25) is 9.59 Å². The Kier molecular flexibility index (Phi) is 3.73. The van der Waals surface area contributed by atoms with Crippen molar-refractivity contribution in [3.05, 3.63) is 33.2 Å². The number of carboxylic acid groups (broad SMARTS) is 1. The zero-order chi connectivity index (χ0) is 12.3. The Morgan fingerprint density at radius 1 is 1.56 bits per heavy atom. The minimum Gasteiger partial charge on any atom is -0.481 e. The minimum absolute atomic E-state index is 0.121. The van der Waals surface area contributed by atoms with Crippen LogP contribution in [0.2, 0.25) is 0 Å². The Bertz CT molecular complexity index is 457. The molecule has 0 saturated heterocycles. The zero-order valence-electron chi connectivity index (χ0n) is 8.17. The number of H-pyrrole nitrogens is 1. The monoisotopic (exact) mass is 232 g/mol. The van der Waals surface area contributed by atoms with Gasteiger partial charge >= 0.3 is 5.97 Å². The first-order valence-electron chi connectivity index (χ1n) is 4.40. The van der Waals surface area contributed by atoms with Crippen LogP contribution in [0.4, 0.5) is 8.78 Å². The van der Waals surface area contributed by atoms with E-state index in [0.29, 0.717) is 0 Å². The van der Waals surface area contributed by atoms with Crippen LogP contribution in [0, 0.1) is 0 Å². The van der Waals surface area contributed by atoms with Gasteiger partial charge in [0.05, 0.1) is 12.1 Å². The van der Waals surface area contributed by atoms with Crippen molar-refractivity contribution in [3.63, 3.8) is 0 Å². The Balaban J connectivity index is 3.38. The van der Waals surface area contributed by atoms with Gasteiger partial charge in [-0.25, -0.2) is 8.78 Å². The van der Waals surface area contributed by atoms with E-state index in [2.05, 4.69) is 0 Å². The first-order valence-corrected chi connectivity index (χ1v) is 4.40. The van der Waals surface area contributed by atoms with Crippen LogP contribution in [0.25, 0.3) is 0 Å². The summed E-state index contributed by atoms with van der Waals surface area (Å²) in [5, 5.41) is 8.58. The number of halogens is 2. The van der Waals surface area contributed by atoms with Gasteiger partial charge in [0.1, 0.15) is 0 Å². The SMILES string of the molecule is NCc1cc(=O)[nH]c(C(F)F)c1CC(=O)O. The molecule has 88 valence electrons. The molecule has 1 aromatic rings. The fourth-order valence-corrected chi connectivity index (χ4v) is 1.39. The zero-order valence-corrected chi connectivity index (χ0v) is 8.17. The van der Waals surface area contributed by atoms with Gasteiger partial charge in [-0.2, -0.15) is 0 Å². The summed E-state index contributed by atoms with van der Waals surface area (Å²) < 4.78 is 25.1. The first kappa shape index (κ1) is 12.3. The number of pyridine rings is 1. The van der Waals surface area contributed by atoms with Gasteiger partial charge in [0.15, 0.2) is 0 Å². The molecule has 16 heavy (non-hydrogen) atoms. The number of aliphatic carboxylic acids is 1. The van der Waals surface area contributed by atoms with Crippen LogP contribution in [0.3, 0.4) is 0 Å². The number of carboxylic acids is 1. The summed E-state index contributed by atoms with van der Waals surface area (Å²) in [6, 6.07) is 1.03. The van der Waals surface area contributed by atoms with Crippen LogP contribution in [0.15, 0.2) is 10.9 Å². The van der Waals surface area contributed by atoms with E-state index in [0.717, 1.165) is 6.07 Å². The van der Waals surface area contributed by atoms with Crippen molar-refractivity contribution in [1.82, 2.24) is 4.98 Å². The smallest absolute Gasteiger partial charge is 0.307 e. The molecule has 7 heteroatoms. The third kappa shape index (κ3) is 2.63. The van der Waals surface area contributed by atoms with E-state index in [4.69, 9.17) is 10.8 Å². The predicted molar refractivity (Wildman–Crippen MR) is 51.3 cm³/mol. The molecular weight excluding hydrogens is 222 g/mol. The van der Waals surface area contributed by atoms with Gasteiger partial charge in [-0.05, 0) is 11.1 Å². The molecule has 1 heterocycles. The number of hydrogen-bond acceptors (Lipinski definition) is 3. The molecule has 5 nitrogen and oxygen atoms in total. The molecule has 0 fully saturated rings. The van der Waals surface area contributed by atoms with E-state index in [-0.39, 0.29) is 17.7 Å². The summed E-state index contributed by atoms with van der Waals surface area (Å²) in [5.74, 6) is -1.26. The van der Waals surface area contributed by atoms with Gasteiger partial charge in [0.25, 0.3) is 6.43 Å². The third-order valence-corrected chi connectivity index (χ3v) is 2.04. The number of rotatable bonds is 4. The molecule has 0 aromatic carbocycles. The van der Waals surface area contributed by atoms with Crippen LogP contribution in [0.1, 0.15) is 23.2 Å². The van der Waals surface area contributed by atoms with E-state index in [1.807, 2.05) is 4.98 Å². The molecule has 0 atom stereocenters. The quantitative estimate of drug-likeness (QED) is 0.700. The lowest BCUT2D eigenvalue weighted by molar-refractivity contribution is -0.136. The molecule has 0 amide bonds. The topological polar surface area (TPSA) is 96.2 Å². The molecule has 4 N–H and O–H groups in total. The van der Waals surface area contributed by atoms with Crippen molar-refractivity contribution in [2.24, 2.45) is 5.73 Å². The van der Waals surface area contributed by atoms with Crippen molar-refractivity contribution in [2.45, 2.75) is 19.4 Å². The van der Waals surface area contributed by atoms with E-state index in [9.17, 15) is 18.4 Å². The summed E-state index contributed by atoms with van der Waals surface area (Å²) >= 11 is 0. The highest BCUT2D eigenvalue weighted by Crippen LogP contribution is 2.22. The molecule has 0 spiro atoms. The second-order valence-electron chi connectivity index (χ2n) is 3.13. The van der Waals surface area contributed by atoms with Crippen molar-refractivity contribution >= 4 is 5.97 Å². The molecule has 0 radical (unpaired) electrons. The highest BCUT2D eigenvalue weighted by atomic mass is 19.3. The lowest BCUT2D eigenvalue weighted by Crippen LogP contribution is -2.18. The number of aromatic nitrogens is 1. The van der Waals surface area contributed by atoms with E-state index >= 15 is 0 Å². The number of aromatic amines is 1. The number of alkyl halides is 2. The molecule has 1 aromatic heterocycles. The molecule has 1 rings (SSSR count). The standard InChI is InChI=1S/C9H10F2N2O3/c10-9(11)8-5(2-7(15)16)4(3-12)1-6(14)13-8/h1,9H,2-3,12H2,(H,13,14)(H,15,16). The lowest BCUT2D eigenvalue weighted by atomic mass is 10.0. The molecule has 0 bridgehead atoms. The van der Waals surface area contributed by atoms with E-state index < -0.39 is 30.1 Å². The molecule has 0 aliphatic rings. The second-order valence-corrected chi connectivity index (χ2v) is 3.13. The van der Waals surface area contributed by atoms with Crippen LogP contribution in [-0.2, 0) is 17.8 Å². The molecule has 0 saturated carbocycles. The Hall–Kier alpha value is -1.76. The number of nitrogens with one attached hydrogen (secondary N) is 1. The predicted octanol–water partition coefficient (Wildman–Crippen LogP) is 0.398. The summed E-state index contributed by atoms with van der Waals surface area (Å²) in [7, 11) is 0. The van der Waals surface area contributed by atoms with Gasteiger partial charge in [0, 0.05) is 12.6 Å². The lowest BCUT2D eigenvalue weighted by Gasteiger charge is -2.10. The molecule has 0 aliphatic carbocycles. The average Bonchev–Trinajstić information content (AvgIpc) is 2.19. The van der Waals surface area contributed by atoms with Gasteiger partial charge in [0.2, 0.25) is 5.56 Å². The van der Waals surface area contributed by atoms with Gasteiger partial charge in [-0.15, -0.1) is 0 Å². The molecule has 0 aliphatic heterocycles. The average molecular weight is 232 g/mol. The third-order valence-electron chi connectivity index (χ3n) is 2.04. The molecule has 0 unspecified atom stereocenters. The normalized spacial score (nSPS) is 10.8. The van der Waals surface area contributed by atoms with Crippen LogP contribution >= 0.6 is 0 Å². The van der Waals surface area contributed by atoms with Crippen LogP contribution < -0.4 is 11.3 Å². The van der Waals surface area contributed by atoms with Crippen LogP contribution in [0.5, 0.6) is 0 Å². The summed E-state index contributed by atoms with van der Waals surface area (Å²) in [4.78, 5) is 23.5. The van der Waals surface area contributed by atoms with Crippen molar-refractivity contribution in [3.8, 4) is 0 Å². The molecular formula is C9H10F2N2O3. The van der Waals surface area contributed by atoms with Crippen LogP contribution in [-0.4, -0.2) is 16.1 Å². The maximum absolute atomic E-state index is 12.6. The maximum atomic E-state index is 12.6. The number of nitrogens with two attached hydrogens (primary N) is 1. The number of hydrogen-bond donors (Lipinski definition) is 3. The fourth-order valence-electron chi connectivity index (χ4n) is 1.39. The Labute approximate surface area is 88.9 Å². The van der Waals surface area contributed by atoms with Gasteiger partial charge < -0.3 is 15.8 Å². The summed E-state index contributed by atoms with van der Waals surface area (Å²) in [5.41, 5.74) is 3.89. The van der Waals surface area contributed by atoms with Crippen molar-refractivity contribution < 1.29 is 18.7 Å². The van der Waals surface area contributed by atoms with E-state index in [1.165, 1.54) is 0 Å².